The van der Waals surface area contributed by atoms with Gasteiger partial charge in [-0.2, -0.15) is 0 Å². The first-order valence-corrected chi connectivity index (χ1v) is 10.3. The second-order valence-corrected chi connectivity index (χ2v) is 7.54. The lowest BCUT2D eigenvalue weighted by molar-refractivity contribution is -0.892. The molecule has 1 aliphatic heterocycles. The fourth-order valence-corrected chi connectivity index (χ4v) is 3.61. The zero-order valence-corrected chi connectivity index (χ0v) is 16.9. The molecule has 1 saturated heterocycles. The predicted octanol–water partition coefficient (Wildman–Crippen LogP) is 2.28. The number of rotatable bonds is 8. The second kappa shape index (κ2) is 10.0. The molecule has 3 rings (SSSR count). The molecule has 1 heterocycles. The Bertz CT molecular complexity index is 813. The first kappa shape index (κ1) is 20.8. The lowest BCUT2D eigenvalue weighted by atomic mass is 10.1. The summed E-state index contributed by atoms with van der Waals surface area (Å²) in [7, 11) is 0. The van der Waals surface area contributed by atoms with Gasteiger partial charge in [0.1, 0.15) is 0 Å². The number of hydrogen-bond acceptors (Lipinski definition) is 4. The molecule has 7 heteroatoms. The van der Waals surface area contributed by atoms with Crippen LogP contribution in [0.15, 0.2) is 48.5 Å². The van der Waals surface area contributed by atoms with Crippen molar-refractivity contribution < 1.29 is 14.6 Å². The predicted molar refractivity (Wildman–Crippen MR) is 115 cm³/mol. The Labute approximate surface area is 171 Å². The van der Waals surface area contributed by atoms with Crippen molar-refractivity contribution in [1.82, 2.24) is 0 Å². The van der Waals surface area contributed by atoms with Crippen molar-refractivity contribution in [2.75, 3.05) is 42.9 Å². The highest BCUT2D eigenvalue weighted by Crippen LogP contribution is 2.19. The van der Waals surface area contributed by atoms with Gasteiger partial charge in [0.05, 0.1) is 31.1 Å². The zero-order valence-electron chi connectivity index (χ0n) is 16.9. The Morgan fingerprint density at radius 2 is 1.76 bits per heavy atom. The summed E-state index contributed by atoms with van der Waals surface area (Å²) in [4.78, 5) is 26.2. The molecule has 2 aromatic rings. The van der Waals surface area contributed by atoms with Crippen LogP contribution in [0.3, 0.4) is 0 Å². The lowest BCUT2D eigenvalue weighted by Crippen LogP contribution is -3.15. The first-order chi connectivity index (χ1) is 14.0. The van der Waals surface area contributed by atoms with Gasteiger partial charge in [-0.25, -0.2) is 0 Å². The minimum Gasteiger partial charge on any atom is -0.360 e. The smallest absolute Gasteiger partial charge is 0.279 e. The third kappa shape index (κ3) is 6.02. The Morgan fingerprint density at radius 1 is 1.10 bits per heavy atom. The maximum atomic E-state index is 12.4. The number of aryl methyl sites for hydroxylation is 1. The van der Waals surface area contributed by atoms with Crippen molar-refractivity contribution >= 4 is 23.0 Å². The molecule has 0 radical (unpaired) electrons. The van der Waals surface area contributed by atoms with E-state index in [2.05, 4.69) is 29.3 Å². The number of non-ortho nitro benzene ring substituents is 1. The molecule has 1 aliphatic rings. The number of unbranched alkanes of at least 4 members (excludes halogenated alkanes) is 1. The molecule has 0 aliphatic carbocycles. The largest absolute Gasteiger partial charge is 0.360 e. The quantitative estimate of drug-likeness (QED) is 0.529. The summed E-state index contributed by atoms with van der Waals surface area (Å²) in [6.45, 7) is 6.01. The highest BCUT2D eigenvalue weighted by Gasteiger charge is 2.22. The summed E-state index contributed by atoms with van der Waals surface area (Å²) in [5, 5.41) is 13.8. The molecule has 1 fully saturated rings. The lowest BCUT2D eigenvalue weighted by Gasteiger charge is -2.33. The molecule has 2 aromatic carbocycles. The standard InChI is InChI=1S/C22H28N4O3/c1-2-3-4-18-5-7-19(8-6-18)23-22(27)17-24-13-15-25(16-14-24)20-9-11-21(12-10-20)26(28)29/h5-12H,2-4,13-17H2,1H3,(H,23,27)/p+1. The molecule has 2 N–H and O–H groups in total. The average molecular weight is 397 g/mol. The van der Waals surface area contributed by atoms with Gasteiger partial charge in [-0.3, -0.25) is 14.9 Å². The SMILES string of the molecule is CCCCc1ccc(NC(=O)C[NH+]2CCN(c3ccc([N+](=O)[O-])cc3)CC2)cc1. The highest BCUT2D eigenvalue weighted by atomic mass is 16.6. The maximum absolute atomic E-state index is 12.4. The fraction of sp³-hybridized carbons (Fsp3) is 0.409. The molecular formula is C22H29N4O3+. The molecular weight excluding hydrogens is 368 g/mol. The summed E-state index contributed by atoms with van der Waals surface area (Å²) in [6.07, 6.45) is 3.44. The Kier molecular flexibility index (Phi) is 7.19. The zero-order chi connectivity index (χ0) is 20.6. The van der Waals surface area contributed by atoms with Crippen LogP contribution < -0.4 is 15.1 Å². The van der Waals surface area contributed by atoms with E-state index in [-0.39, 0.29) is 16.5 Å². The van der Waals surface area contributed by atoms with Crippen LogP contribution in [0.1, 0.15) is 25.3 Å². The minimum atomic E-state index is -0.386. The van der Waals surface area contributed by atoms with Gasteiger partial charge in [0.2, 0.25) is 0 Å². The van der Waals surface area contributed by atoms with Crippen molar-refractivity contribution in [3.05, 3.63) is 64.2 Å². The Morgan fingerprint density at radius 3 is 2.34 bits per heavy atom. The van der Waals surface area contributed by atoms with Crippen molar-refractivity contribution in [2.24, 2.45) is 0 Å². The number of amides is 1. The van der Waals surface area contributed by atoms with Crippen LogP contribution in [0, 0.1) is 10.1 Å². The van der Waals surface area contributed by atoms with Crippen molar-refractivity contribution in [1.29, 1.82) is 0 Å². The van der Waals surface area contributed by atoms with E-state index in [1.807, 2.05) is 12.1 Å². The van der Waals surface area contributed by atoms with E-state index in [1.165, 1.54) is 35.4 Å². The number of hydrogen-bond donors (Lipinski definition) is 2. The van der Waals surface area contributed by atoms with Crippen LogP contribution in [0.2, 0.25) is 0 Å². The van der Waals surface area contributed by atoms with Crippen molar-refractivity contribution in [3.8, 4) is 0 Å². The molecule has 29 heavy (non-hydrogen) atoms. The van der Waals surface area contributed by atoms with Crippen molar-refractivity contribution in [3.63, 3.8) is 0 Å². The fourth-order valence-electron chi connectivity index (χ4n) is 3.61. The maximum Gasteiger partial charge on any atom is 0.279 e. The van der Waals surface area contributed by atoms with E-state index in [1.54, 1.807) is 12.1 Å². The number of piperazine rings is 1. The second-order valence-electron chi connectivity index (χ2n) is 7.54. The summed E-state index contributed by atoms with van der Waals surface area (Å²) in [5.74, 6) is 0.0325. The molecule has 0 aromatic heterocycles. The number of carbonyl (C=O) groups excluding carboxylic acids is 1. The normalized spacial score (nSPS) is 14.6. The van der Waals surface area contributed by atoms with Gasteiger partial charge in [0, 0.05) is 23.5 Å². The molecule has 1 amide bonds. The highest BCUT2D eigenvalue weighted by molar-refractivity contribution is 5.91. The first-order valence-electron chi connectivity index (χ1n) is 10.3. The number of nitrogens with one attached hydrogen (secondary N) is 2. The molecule has 0 spiro atoms. The summed E-state index contributed by atoms with van der Waals surface area (Å²) in [6, 6.07) is 14.8. The summed E-state index contributed by atoms with van der Waals surface area (Å²) < 4.78 is 0. The molecule has 0 unspecified atom stereocenters. The van der Waals surface area contributed by atoms with Gasteiger partial charge in [0.15, 0.2) is 6.54 Å². The third-order valence-corrected chi connectivity index (χ3v) is 5.36. The molecule has 0 atom stereocenters. The number of benzene rings is 2. The van der Waals surface area contributed by atoms with Crippen LogP contribution in [0.25, 0.3) is 0 Å². The Balaban J connectivity index is 1.44. The van der Waals surface area contributed by atoms with E-state index in [4.69, 9.17) is 0 Å². The van der Waals surface area contributed by atoms with E-state index < -0.39 is 0 Å². The van der Waals surface area contributed by atoms with E-state index >= 15 is 0 Å². The number of nitro groups is 1. The minimum absolute atomic E-state index is 0.0325. The molecule has 0 bridgehead atoms. The van der Waals surface area contributed by atoms with Gasteiger partial charge in [-0.05, 0) is 42.7 Å². The average Bonchev–Trinajstić information content (AvgIpc) is 2.74. The van der Waals surface area contributed by atoms with Gasteiger partial charge >= 0.3 is 0 Å². The third-order valence-electron chi connectivity index (χ3n) is 5.36. The van der Waals surface area contributed by atoms with Crippen LogP contribution >= 0.6 is 0 Å². The van der Waals surface area contributed by atoms with Crippen LogP contribution in [0.4, 0.5) is 17.1 Å². The number of nitrogens with zero attached hydrogens (tertiary/aromatic N) is 2. The van der Waals surface area contributed by atoms with Crippen LogP contribution in [-0.4, -0.2) is 43.6 Å². The van der Waals surface area contributed by atoms with Crippen LogP contribution in [0.5, 0.6) is 0 Å². The van der Waals surface area contributed by atoms with Crippen LogP contribution in [-0.2, 0) is 11.2 Å². The molecule has 154 valence electrons. The topological polar surface area (TPSA) is 79.9 Å². The van der Waals surface area contributed by atoms with E-state index in [0.717, 1.165) is 44.0 Å². The number of carbonyl (C=O) groups is 1. The summed E-state index contributed by atoms with van der Waals surface area (Å²) >= 11 is 0. The monoisotopic (exact) mass is 397 g/mol. The van der Waals surface area contributed by atoms with Gasteiger partial charge in [-0.1, -0.05) is 25.5 Å². The van der Waals surface area contributed by atoms with E-state index in [9.17, 15) is 14.9 Å². The number of quaternary nitrogens is 1. The number of anilines is 2. The van der Waals surface area contributed by atoms with Gasteiger partial charge in [-0.15, -0.1) is 0 Å². The van der Waals surface area contributed by atoms with Crippen molar-refractivity contribution in [2.45, 2.75) is 26.2 Å². The number of nitro benzene ring substituents is 1. The summed E-state index contributed by atoms with van der Waals surface area (Å²) in [5.41, 5.74) is 3.24. The molecule has 7 nitrogen and oxygen atoms in total. The van der Waals surface area contributed by atoms with Gasteiger partial charge < -0.3 is 15.1 Å². The Hall–Kier alpha value is -2.93. The molecule has 0 saturated carbocycles. The van der Waals surface area contributed by atoms with E-state index in [0.29, 0.717) is 6.54 Å². The van der Waals surface area contributed by atoms with Gasteiger partial charge in [0.25, 0.3) is 11.6 Å².